The highest BCUT2D eigenvalue weighted by atomic mass is 19.1. The largest absolute Gasteiger partial charge is 0.315 e. The van der Waals surface area contributed by atoms with Crippen LogP contribution in [-0.4, -0.2) is 4.57 Å². The first-order valence-electron chi connectivity index (χ1n) is 6.77. The summed E-state index contributed by atoms with van der Waals surface area (Å²) in [7, 11) is 0. The lowest BCUT2D eigenvalue weighted by atomic mass is 10.1. The van der Waals surface area contributed by atoms with E-state index in [-0.39, 0.29) is 11.6 Å². The van der Waals surface area contributed by atoms with Gasteiger partial charge in [-0.25, -0.2) is 8.78 Å². The topological polar surface area (TPSA) is 28.7 Å². The average molecular weight is 294 g/mol. The molecular formula is C18H12F2N2. The van der Waals surface area contributed by atoms with Crippen LogP contribution in [0.4, 0.5) is 8.78 Å². The van der Waals surface area contributed by atoms with Crippen molar-refractivity contribution in [1.82, 2.24) is 4.57 Å². The lowest BCUT2D eigenvalue weighted by Gasteiger charge is -2.01. The van der Waals surface area contributed by atoms with E-state index < -0.39 is 0 Å². The monoisotopic (exact) mass is 294 g/mol. The van der Waals surface area contributed by atoms with Gasteiger partial charge in [0.2, 0.25) is 0 Å². The van der Waals surface area contributed by atoms with Crippen molar-refractivity contribution in [2.75, 3.05) is 0 Å². The second kappa shape index (κ2) is 5.45. The normalized spacial score (nSPS) is 12.4. The van der Waals surface area contributed by atoms with Crippen LogP contribution >= 0.6 is 0 Å². The smallest absolute Gasteiger partial charge is 0.123 e. The van der Waals surface area contributed by atoms with Crippen LogP contribution in [0.2, 0.25) is 0 Å². The molecule has 0 atom stereocenters. The Hall–Kier alpha value is -2.93. The molecule has 2 aromatic carbocycles. The molecule has 4 heteroatoms. The third kappa shape index (κ3) is 2.27. The highest BCUT2D eigenvalue weighted by Gasteiger charge is 2.11. The fourth-order valence-corrected chi connectivity index (χ4v) is 2.56. The molecule has 0 unspecified atom stereocenters. The Bertz CT molecular complexity index is 913. The van der Waals surface area contributed by atoms with E-state index in [4.69, 9.17) is 0 Å². The first-order valence-corrected chi connectivity index (χ1v) is 6.77. The molecule has 0 amide bonds. The fourth-order valence-electron chi connectivity index (χ4n) is 2.56. The predicted molar refractivity (Wildman–Crippen MR) is 84.1 cm³/mol. The maximum atomic E-state index is 13.5. The minimum absolute atomic E-state index is 0.381. The van der Waals surface area contributed by atoms with Gasteiger partial charge in [-0.05, 0) is 49.4 Å². The van der Waals surface area contributed by atoms with E-state index in [1.165, 1.54) is 24.3 Å². The van der Waals surface area contributed by atoms with Crippen LogP contribution in [0.5, 0.6) is 0 Å². The molecule has 3 aromatic rings. The standard InChI is InChI=1S/C18H12F2N2/c1-2-3-12(10-21)11-22-17-6-4-13(19)8-15(17)16-9-14(20)5-7-18(16)22/h2-9,11H,1H3/b3-2-,12-11-. The Morgan fingerprint density at radius 1 is 1.05 bits per heavy atom. The summed E-state index contributed by atoms with van der Waals surface area (Å²) in [4.78, 5) is 0. The molecule has 108 valence electrons. The van der Waals surface area contributed by atoms with Crippen molar-refractivity contribution in [3.8, 4) is 6.07 Å². The van der Waals surface area contributed by atoms with Crippen molar-refractivity contribution in [3.05, 3.63) is 65.8 Å². The Morgan fingerprint density at radius 2 is 1.59 bits per heavy atom. The zero-order valence-corrected chi connectivity index (χ0v) is 11.8. The predicted octanol–water partition coefficient (Wildman–Crippen LogP) is 5.01. The van der Waals surface area contributed by atoms with Crippen molar-refractivity contribution < 1.29 is 8.78 Å². The first kappa shape index (κ1) is 14.0. The van der Waals surface area contributed by atoms with Crippen molar-refractivity contribution in [1.29, 1.82) is 5.26 Å². The van der Waals surface area contributed by atoms with Crippen molar-refractivity contribution in [3.63, 3.8) is 0 Å². The van der Waals surface area contributed by atoms with E-state index in [9.17, 15) is 14.0 Å². The third-order valence-corrected chi connectivity index (χ3v) is 3.47. The van der Waals surface area contributed by atoms with E-state index in [1.807, 2.05) is 6.92 Å². The zero-order chi connectivity index (χ0) is 15.7. The van der Waals surface area contributed by atoms with Gasteiger partial charge in [0.05, 0.1) is 16.6 Å². The lowest BCUT2D eigenvalue weighted by Crippen LogP contribution is -1.88. The van der Waals surface area contributed by atoms with Crippen LogP contribution in [0.3, 0.4) is 0 Å². The molecule has 0 spiro atoms. The van der Waals surface area contributed by atoms with Gasteiger partial charge in [-0.15, -0.1) is 0 Å². The van der Waals surface area contributed by atoms with Crippen LogP contribution < -0.4 is 0 Å². The quantitative estimate of drug-likeness (QED) is 0.482. The third-order valence-electron chi connectivity index (χ3n) is 3.47. The molecule has 1 heterocycles. The van der Waals surface area contributed by atoms with Crippen molar-refractivity contribution in [2.24, 2.45) is 0 Å². The van der Waals surface area contributed by atoms with Crippen LogP contribution in [0.25, 0.3) is 28.0 Å². The van der Waals surface area contributed by atoms with Gasteiger partial charge in [-0.2, -0.15) is 5.26 Å². The summed E-state index contributed by atoms with van der Waals surface area (Å²) in [6.07, 6.45) is 5.12. The summed E-state index contributed by atoms with van der Waals surface area (Å²) >= 11 is 0. The maximum Gasteiger partial charge on any atom is 0.123 e. The molecule has 0 saturated carbocycles. The van der Waals surface area contributed by atoms with E-state index in [2.05, 4.69) is 6.07 Å². The number of aromatic nitrogens is 1. The minimum atomic E-state index is -0.381. The van der Waals surface area contributed by atoms with Gasteiger partial charge in [0.1, 0.15) is 17.7 Å². The summed E-state index contributed by atoms with van der Waals surface area (Å²) < 4.78 is 28.9. The van der Waals surface area contributed by atoms with Crippen LogP contribution in [0, 0.1) is 23.0 Å². The number of hydrogen-bond donors (Lipinski definition) is 0. The molecule has 0 aliphatic heterocycles. The molecular weight excluding hydrogens is 282 g/mol. The molecule has 1 aromatic heterocycles. The van der Waals surface area contributed by atoms with Crippen LogP contribution in [0.1, 0.15) is 6.92 Å². The van der Waals surface area contributed by atoms with Gasteiger partial charge >= 0.3 is 0 Å². The van der Waals surface area contributed by atoms with Gasteiger partial charge in [-0.3, -0.25) is 0 Å². The van der Waals surface area contributed by atoms with E-state index in [1.54, 1.807) is 35.1 Å². The van der Waals surface area contributed by atoms with Crippen molar-refractivity contribution >= 4 is 28.0 Å². The summed E-state index contributed by atoms with van der Waals surface area (Å²) in [6, 6.07) is 10.8. The Balaban J connectivity index is 2.44. The number of rotatable bonds is 2. The van der Waals surface area contributed by atoms with Gasteiger partial charge in [0.15, 0.2) is 0 Å². The van der Waals surface area contributed by atoms with Crippen LogP contribution in [-0.2, 0) is 0 Å². The van der Waals surface area contributed by atoms with Gasteiger partial charge in [0, 0.05) is 17.0 Å². The molecule has 22 heavy (non-hydrogen) atoms. The zero-order valence-electron chi connectivity index (χ0n) is 11.8. The number of nitriles is 1. The fraction of sp³-hybridized carbons (Fsp3) is 0.0556. The second-order valence-corrected chi connectivity index (χ2v) is 4.89. The molecule has 0 fully saturated rings. The summed E-state index contributed by atoms with van der Waals surface area (Å²) in [5.41, 5.74) is 1.90. The number of hydrogen-bond acceptors (Lipinski definition) is 1. The SMILES string of the molecule is C/C=C\C(C#N)=C\n1c2ccc(F)cc2c2cc(F)ccc21. The number of allylic oxidation sites excluding steroid dienone is 3. The van der Waals surface area contributed by atoms with E-state index in [0.717, 1.165) is 11.0 Å². The molecule has 0 radical (unpaired) electrons. The van der Waals surface area contributed by atoms with E-state index >= 15 is 0 Å². The molecule has 0 saturated heterocycles. The van der Waals surface area contributed by atoms with Crippen molar-refractivity contribution in [2.45, 2.75) is 6.92 Å². The highest BCUT2D eigenvalue weighted by molar-refractivity contribution is 6.09. The second-order valence-electron chi connectivity index (χ2n) is 4.89. The maximum absolute atomic E-state index is 13.5. The Morgan fingerprint density at radius 3 is 2.05 bits per heavy atom. The molecule has 0 aliphatic carbocycles. The molecule has 0 N–H and O–H groups in total. The Kier molecular flexibility index (Phi) is 3.48. The molecule has 0 aliphatic rings. The molecule has 3 rings (SSSR count). The average Bonchev–Trinajstić information content (AvgIpc) is 2.79. The summed E-state index contributed by atoms with van der Waals surface area (Å²) in [5, 5.41) is 10.4. The highest BCUT2D eigenvalue weighted by Crippen LogP contribution is 2.30. The summed E-state index contributed by atoms with van der Waals surface area (Å²) in [5.74, 6) is -0.762. The van der Waals surface area contributed by atoms with Gasteiger partial charge < -0.3 is 4.57 Å². The lowest BCUT2D eigenvalue weighted by molar-refractivity contribution is 0.628. The van der Waals surface area contributed by atoms with E-state index in [0.29, 0.717) is 16.3 Å². The van der Waals surface area contributed by atoms with Gasteiger partial charge in [0.25, 0.3) is 0 Å². The van der Waals surface area contributed by atoms with Crippen LogP contribution in [0.15, 0.2) is 54.1 Å². The number of fused-ring (bicyclic) bond motifs is 3. The first-order chi connectivity index (χ1) is 10.6. The number of halogens is 2. The molecule has 0 bridgehead atoms. The number of benzene rings is 2. The number of nitrogens with zero attached hydrogens (tertiary/aromatic N) is 2. The minimum Gasteiger partial charge on any atom is -0.315 e. The molecule has 2 nitrogen and oxygen atoms in total. The summed E-state index contributed by atoms with van der Waals surface area (Å²) in [6.45, 7) is 1.82. The Labute approximate surface area is 126 Å². The van der Waals surface area contributed by atoms with Gasteiger partial charge in [-0.1, -0.05) is 6.08 Å².